The maximum absolute atomic E-state index is 9.62. The summed E-state index contributed by atoms with van der Waals surface area (Å²) in [7, 11) is 0. The van der Waals surface area contributed by atoms with Crippen molar-refractivity contribution in [2.75, 3.05) is 6.54 Å². The molecule has 94 valence electrons. The average Bonchev–Trinajstić information content (AvgIpc) is 2.86. The molecule has 0 aliphatic carbocycles. The van der Waals surface area contributed by atoms with Gasteiger partial charge >= 0.3 is 0 Å². The molecule has 0 fully saturated rings. The van der Waals surface area contributed by atoms with E-state index in [2.05, 4.69) is 22.0 Å². The van der Waals surface area contributed by atoms with Gasteiger partial charge in [-0.25, -0.2) is 0 Å². The van der Waals surface area contributed by atoms with E-state index in [0.717, 1.165) is 19.5 Å². The third-order valence-corrected chi connectivity index (χ3v) is 3.74. The van der Waals surface area contributed by atoms with Crippen molar-refractivity contribution in [3.05, 3.63) is 47.3 Å². The number of phenolic OH excluding ortho intramolecular Hbond substituents is 1. The molecule has 2 heterocycles. The molecule has 1 unspecified atom stereocenters. The Morgan fingerprint density at radius 1 is 1.50 bits per heavy atom. The summed E-state index contributed by atoms with van der Waals surface area (Å²) in [5.74, 6) is 0.353. The second kappa shape index (κ2) is 4.46. The van der Waals surface area contributed by atoms with Crippen LogP contribution in [0, 0.1) is 0 Å². The molecule has 3 rings (SSSR count). The van der Waals surface area contributed by atoms with Gasteiger partial charge in [-0.15, -0.1) is 0 Å². The molecule has 1 aromatic carbocycles. The molecule has 2 N–H and O–H groups in total. The predicted molar refractivity (Wildman–Crippen MR) is 69.2 cm³/mol. The van der Waals surface area contributed by atoms with Crippen molar-refractivity contribution in [2.24, 2.45) is 0 Å². The number of phenols is 1. The van der Waals surface area contributed by atoms with Gasteiger partial charge in [-0.05, 0) is 36.6 Å². The van der Waals surface area contributed by atoms with Crippen molar-refractivity contribution in [2.45, 2.75) is 25.9 Å². The summed E-state index contributed by atoms with van der Waals surface area (Å²) in [6.07, 6.45) is 4.84. The van der Waals surface area contributed by atoms with Gasteiger partial charge in [0.05, 0.1) is 6.20 Å². The number of aromatic amines is 1. The number of hydrogen-bond donors (Lipinski definition) is 2. The Balaban J connectivity index is 1.84. The summed E-state index contributed by atoms with van der Waals surface area (Å²) in [4.78, 5) is 2.41. The van der Waals surface area contributed by atoms with E-state index in [-0.39, 0.29) is 0 Å². The van der Waals surface area contributed by atoms with Crippen LogP contribution in [0.4, 0.5) is 0 Å². The molecule has 1 atom stereocenters. The van der Waals surface area contributed by atoms with E-state index in [4.69, 9.17) is 0 Å². The Kier molecular flexibility index (Phi) is 2.80. The Labute approximate surface area is 106 Å². The number of aromatic nitrogens is 2. The van der Waals surface area contributed by atoms with Crippen LogP contribution in [0.2, 0.25) is 0 Å². The maximum Gasteiger partial charge on any atom is 0.115 e. The Hall–Kier alpha value is -1.81. The van der Waals surface area contributed by atoms with Gasteiger partial charge in [-0.2, -0.15) is 5.10 Å². The lowest BCUT2D eigenvalue weighted by molar-refractivity contribution is 0.189. The molecule has 1 aromatic heterocycles. The lowest BCUT2D eigenvalue weighted by atomic mass is 9.93. The van der Waals surface area contributed by atoms with Gasteiger partial charge in [0.2, 0.25) is 0 Å². The molecule has 0 bridgehead atoms. The van der Waals surface area contributed by atoms with Crippen LogP contribution in [0.15, 0.2) is 30.6 Å². The number of rotatable bonds is 2. The fraction of sp³-hybridized carbons (Fsp3) is 0.357. The summed E-state index contributed by atoms with van der Waals surface area (Å²) in [5, 5.41) is 16.4. The number of aromatic hydroxyl groups is 1. The first-order valence-corrected chi connectivity index (χ1v) is 6.27. The van der Waals surface area contributed by atoms with Gasteiger partial charge in [0.15, 0.2) is 0 Å². The van der Waals surface area contributed by atoms with E-state index >= 15 is 0 Å². The normalized spacial score (nSPS) is 19.7. The Bertz CT molecular complexity index is 536. The van der Waals surface area contributed by atoms with Crippen LogP contribution in [0.1, 0.15) is 29.7 Å². The number of benzene rings is 1. The highest BCUT2D eigenvalue weighted by molar-refractivity contribution is 5.38. The molecule has 1 aliphatic heterocycles. The van der Waals surface area contributed by atoms with E-state index in [1.165, 1.54) is 16.7 Å². The van der Waals surface area contributed by atoms with Crippen LogP contribution in [0.5, 0.6) is 5.75 Å². The van der Waals surface area contributed by atoms with Crippen molar-refractivity contribution in [3.8, 4) is 5.75 Å². The van der Waals surface area contributed by atoms with Crippen molar-refractivity contribution < 1.29 is 5.11 Å². The van der Waals surface area contributed by atoms with Gasteiger partial charge < -0.3 is 5.11 Å². The van der Waals surface area contributed by atoms with Gasteiger partial charge in [0, 0.05) is 30.9 Å². The molecule has 0 amide bonds. The van der Waals surface area contributed by atoms with E-state index < -0.39 is 0 Å². The Morgan fingerprint density at radius 2 is 2.39 bits per heavy atom. The molecular weight excluding hydrogens is 226 g/mol. The molecule has 2 aromatic rings. The number of H-pyrrole nitrogens is 1. The van der Waals surface area contributed by atoms with Crippen LogP contribution >= 0.6 is 0 Å². The van der Waals surface area contributed by atoms with Crippen molar-refractivity contribution in [3.63, 3.8) is 0 Å². The fourth-order valence-corrected chi connectivity index (χ4v) is 2.67. The topological polar surface area (TPSA) is 52.1 Å². The van der Waals surface area contributed by atoms with Crippen molar-refractivity contribution in [1.82, 2.24) is 15.1 Å². The third-order valence-electron chi connectivity index (χ3n) is 3.74. The molecule has 1 aliphatic rings. The van der Waals surface area contributed by atoms with Crippen LogP contribution in [-0.2, 0) is 13.0 Å². The van der Waals surface area contributed by atoms with Crippen LogP contribution in [0.3, 0.4) is 0 Å². The van der Waals surface area contributed by atoms with Crippen LogP contribution in [0.25, 0.3) is 0 Å². The van der Waals surface area contributed by atoms with Crippen molar-refractivity contribution in [1.29, 1.82) is 0 Å². The quantitative estimate of drug-likeness (QED) is 0.850. The van der Waals surface area contributed by atoms with Gasteiger partial charge in [-0.1, -0.05) is 6.07 Å². The molecule has 0 radical (unpaired) electrons. The SMILES string of the molecule is CC1c2cc(O)ccc2CCN1Cc1cn[nH]c1. The van der Waals surface area contributed by atoms with E-state index in [1.807, 2.05) is 24.5 Å². The van der Waals surface area contributed by atoms with Crippen molar-refractivity contribution >= 4 is 0 Å². The first-order chi connectivity index (χ1) is 8.74. The fourth-order valence-electron chi connectivity index (χ4n) is 2.67. The minimum absolute atomic E-state index is 0.329. The predicted octanol–water partition coefficient (Wildman–Crippen LogP) is 2.23. The molecular formula is C14H17N3O. The zero-order valence-electron chi connectivity index (χ0n) is 10.4. The molecule has 0 saturated carbocycles. The molecule has 0 saturated heterocycles. The zero-order chi connectivity index (χ0) is 12.5. The summed E-state index contributed by atoms with van der Waals surface area (Å²) in [5.41, 5.74) is 3.79. The van der Waals surface area contributed by atoms with Gasteiger partial charge in [0.25, 0.3) is 0 Å². The second-order valence-corrected chi connectivity index (χ2v) is 4.89. The number of hydrogen-bond acceptors (Lipinski definition) is 3. The lowest BCUT2D eigenvalue weighted by Crippen LogP contribution is -2.33. The third kappa shape index (κ3) is 1.99. The highest BCUT2D eigenvalue weighted by Crippen LogP contribution is 2.32. The van der Waals surface area contributed by atoms with Crippen LogP contribution < -0.4 is 0 Å². The Morgan fingerprint density at radius 3 is 3.17 bits per heavy atom. The summed E-state index contributed by atoms with van der Waals surface area (Å²) < 4.78 is 0. The standard InChI is InChI=1S/C14H17N3O/c1-10-14-6-13(18)3-2-12(14)4-5-17(10)9-11-7-15-16-8-11/h2-3,6-8,10,18H,4-5,9H2,1H3,(H,15,16). The smallest absolute Gasteiger partial charge is 0.115 e. The number of nitrogens with one attached hydrogen (secondary N) is 1. The van der Waals surface area contributed by atoms with Gasteiger partial charge in [-0.3, -0.25) is 10.00 Å². The average molecular weight is 243 g/mol. The monoisotopic (exact) mass is 243 g/mol. The highest BCUT2D eigenvalue weighted by atomic mass is 16.3. The first kappa shape index (κ1) is 11.3. The molecule has 18 heavy (non-hydrogen) atoms. The molecule has 0 spiro atoms. The number of nitrogens with zero attached hydrogens (tertiary/aromatic N) is 2. The second-order valence-electron chi connectivity index (χ2n) is 4.89. The summed E-state index contributed by atoms with van der Waals surface area (Å²) in [6, 6.07) is 6.03. The number of fused-ring (bicyclic) bond motifs is 1. The van der Waals surface area contributed by atoms with E-state index in [0.29, 0.717) is 11.8 Å². The zero-order valence-corrected chi connectivity index (χ0v) is 10.4. The molecule has 4 heteroatoms. The van der Waals surface area contributed by atoms with Crippen LogP contribution in [-0.4, -0.2) is 26.7 Å². The largest absolute Gasteiger partial charge is 0.508 e. The minimum Gasteiger partial charge on any atom is -0.508 e. The van der Waals surface area contributed by atoms with E-state index in [9.17, 15) is 5.11 Å². The lowest BCUT2D eigenvalue weighted by Gasteiger charge is -2.35. The highest BCUT2D eigenvalue weighted by Gasteiger charge is 2.24. The summed E-state index contributed by atoms with van der Waals surface area (Å²) >= 11 is 0. The molecule has 4 nitrogen and oxygen atoms in total. The van der Waals surface area contributed by atoms with Gasteiger partial charge in [0.1, 0.15) is 5.75 Å². The maximum atomic E-state index is 9.62. The van der Waals surface area contributed by atoms with E-state index in [1.54, 1.807) is 6.07 Å². The summed E-state index contributed by atoms with van der Waals surface area (Å²) in [6.45, 7) is 4.13. The minimum atomic E-state index is 0.329. The first-order valence-electron chi connectivity index (χ1n) is 6.27.